The maximum atomic E-state index is 10.9. The lowest BCUT2D eigenvalue weighted by Crippen LogP contribution is -2.71. The number of hydrogen-bond acceptors (Lipinski definition) is 6. The number of anilines is 2. The first-order valence-electron chi connectivity index (χ1n) is 22.5. The zero-order valence-corrected chi connectivity index (χ0v) is 38.4. The first kappa shape index (κ1) is 40.2. The van der Waals surface area contributed by atoms with Crippen molar-refractivity contribution < 1.29 is 18.7 Å². The number of fused-ring (bicyclic) bond motifs is 12. The molecule has 6 aromatic carbocycles. The van der Waals surface area contributed by atoms with E-state index in [1.807, 2.05) is 27.7 Å². The molecule has 14 rings (SSSR count). The van der Waals surface area contributed by atoms with Gasteiger partial charge in [-0.3, -0.25) is 9.59 Å². The Hall–Kier alpha value is -8.38. The highest BCUT2D eigenvalue weighted by Crippen LogP contribution is 2.52. The summed E-state index contributed by atoms with van der Waals surface area (Å²) in [6.07, 6.45) is 0. The van der Waals surface area contributed by atoms with Crippen LogP contribution >= 0.6 is 0 Å². The van der Waals surface area contributed by atoms with Gasteiger partial charge in [0.1, 0.15) is 0 Å². The quantitative estimate of drug-likeness (QED) is 0.169. The number of nitrogens with zero attached hydrogens (tertiary/aromatic N) is 8. The fourth-order valence-electron chi connectivity index (χ4n) is 11.0. The zero-order chi connectivity index (χ0) is 46.2. The molecule has 8 aromatic rings. The van der Waals surface area contributed by atoms with Crippen LogP contribution in [0.15, 0.2) is 141 Å². The first-order valence-corrected chi connectivity index (χ1v) is 22.5. The van der Waals surface area contributed by atoms with E-state index in [0.29, 0.717) is 0 Å². The number of amides is 2. The van der Waals surface area contributed by atoms with Crippen molar-refractivity contribution in [3.05, 3.63) is 188 Å². The van der Waals surface area contributed by atoms with E-state index in [0.717, 1.165) is 123 Å². The number of benzene rings is 6. The first-order chi connectivity index (χ1) is 32.4. The van der Waals surface area contributed by atoms with Crippen molar-refractivity contribution in [2.45, 2.75) is 61.3 Å². The van der Waals surface area contributed by atoms with Gasteiger partial charge in [0.15, 0.2) is 0 Å². The molecule has 8 heterocycles. The second kappa shape index (κ2) is 14.3. The van der Waals surface area contributed by atoms with E-state index < -0.39 is 5.91 Å². The average molecular weight is 879 g/mol. The Kier molecular flexibility index (Phi) is 8.58. The van der Waals surface area contributed by atoms with E-state index in [1.54, 1.807) is 0 Å². The number of rotatable bonds is 2. The third kappa shape index (κ3) is 5.52. The Morgan fingerprint density at radius 3 is 1.18 bits per heavy atom. The Balaban J connectivity index is 0.000000149. The third-order valence-electron chi connectivity index (χ3n) is 13.3. The lowest BCUT2D eigenvalue weighted by Gasteiger charge is -2.40. The van der Waals surface area contributed by atoms with Gasteiger partial charge in [-0.25, -0.2) is 0 Å². The zero-order valence-electron chi connectivity index (χ0n) is 38.4. The number of aliphatic imine (C=N–C) groups is 2. The molecule has 2 aromatic heterocycles. The molecule has 6 aliphatic rings. The van der Waals surface area contributed by atoms with Crippen LogP contribution < -0.4 is 21.6 Å². The molecule has 326 valence electrons. The maximum Gasteiger partial charge on any atom is 0.404 e. The second-order valence-electron chi connectivity index (χ2n) is 18.1. The molecule has 12 nitrogen and oxygen atoms in total. The van der Waals surface area contributed by atoms with Crippen molar-refractivity contribution in [1.82, 2.24) is 9.13 Å². The van der Waals surface area contributed by atoms with Gasteiger partial charge < -0.3 is 10.6 Å². The predicted octanol–water partition coefficient (Wildman–Crippen LogP) is 8.85. The SMILES string of the molecule is CC(=O)Nc1c(C)cc(C)cc1C.CC(=O)Nc1c(C)cc(C)cc1C.c1ccc2c(c1)C1=Nc3c4ccccc4c4n3C35n6c(c7ccccc7c6=NC6=[N+]3C(=N4)c3ccccc36)=NC2=[N+]15. The van der Waals surface area contributed by atoms with Gasteiger partial charge in [0.2, 0.25) is 34.4 Å². The van der Waals surface area contributed by atoms with Gasteiger partial charge in [0.25, 0.3) is 23.3 Å². The molecule has 2 N–H and O–H groups in total. The summed E-state index contributed by atoms with van der Waals surface area (Å²) in [5.74, 6) is 4.43. The molecule has 6 aliphatic heterocycles. The smallest absolute Gasteiger partial charge is 0.326 e. The minimum atomic E-state index is -0.923. The van der Waals surface area contributed by atoms with Gasteiger partial charge in [0, 0.05) is 46.8 Å². The van der Waals surface area contributed by atoms with E-state index in [2.05, 4.69) is 164 Å². The molecular weight excluding hydrogens is 833 g/mol. The summed E-state index contributed by atoms with van der Waals surface area (Å²) in [6.45, 7) is 15.2. The maximum absolute atomic E-state index is 10.9. The highest BCUT2D eigenvalue weighted by molar-refractivity contribution is 6.20. The highest BCUT2D eigenvalue weighted by atomic mass is 16.2. The number of carbonyl (C=O) groups excluding carboxylic acids is 2. The standard InChI is InChI=1S/C33H16N8.2C11H15NO/c1-2-10-18-17(9-1)25-34-27-19-11-3-4-12-20(19)29-36-31-23-15-7-8-16-24(23)32-37-30-22-14-6-5-13-21(22)28-35-26(18)38(25)33(39(27)29,40(28)30)41(31)32;2*1-7-5-8(2)11(9(3)6-7)12-10(4)13/h1-16H;2*5-6H,1-4H3,(H,12,13)/q+2;;. The van der Waals surface area contributed by atoms with Crippen LogP contribution in [0.5, 0.6) is 0 Å². The molecule has 0 fully saturated rings. The number of nitrogens with one attached hydrogen (secondary N) is 2. The van der Waals surface area contributed by atoms with E-state index in [9.17, 15) is 9.59 Å². The summed E-state index contributed by atoms with van der Waals surface area (Å²) in [5, 5.41) is 9.99. The van der Waals surface area contributed by atoms with Crippen LogP contribution in [0, 0.1) is 41.5 Å². The molecule has 0 unspecified atom stereocenters. The van der Waals surface area contributed by atoms with Crippen LogP contribution in [0.4, 0.5) is 23.0 Å². The van der Waals surface area contributed by atoms with Crippen LogP contribution in [0.3, 0.4) is 0 Å². The Morgan fingerprint density at radius 1 is 0.463 bits per heavy atom. The van der Waals surface area contributed by atoms with Crippen molar-refractivity contribution in [2.75, 3.05) is 10.6 Å². The molecule has 0 bridgehead atoms. The number of carbonyl (C=O) groups is 2. The number of hydrogen-bond donors (Lipinski definition) is 2. The summed E-state index contributed by atoms with van der Waals surface area (Å²) >= 11 is 0. The average Bonchev–Trinajstić information content (AvgIpc) is 4.02. The molecular formula is C55H46N10O2+2. The monoisotopic (exact) mass is 878 g/mol. The molecule has 67 heavy (non-hydrogen) atoms. The number of aryl methyl sites for hydroxylation is 6. The van der Waals surface area contributed by atoms with E-state index in [1.165, 1.54) is 25.0 Å². The second-order valence-corrected chi connectivity index (χ2v) is 18.1. The van der Waals surface area contributed by atoms with E-state index >= 15 is 0 Å². The van der Waals surface area contributed by atoms with E-state index in [-0.39, 0.29) is 11.8 Å². The molecule has 12 heteroatoms. The molecule has 0 atom stereocenters. The van der Waals surface area contributed by atoms with Crippen molar-refractivity contribution in [3.8, 4) is 0 Å². The molecule has 1 spiro atoms. The van der Waals surface area contributed by atoms with Crippen molar-refractivity contribution in [3.63, 3.8) is 0 Å². The summed E-state index contributed by atoms with van der Waals surface area (Å²) in [7, 11) is 0. The molecule has 0 radical (unpaired) electrons. The third-order valence-corrected chi connectivity index (χ3v) is 13.3. The lowest BCUT2D eigenvalue weighted by molar-refractivity contribution is -0.790. The lowest BCUT2D eigenvalue weighted by atomic mass is 10.1. The summed E-state index contributed by atoms with van der Waals surface area (Å²) in [5.41, 5.74) is 14.9. The number of aromatic nitrogens is 2. The highest BCUT2D eigenvalue weighted by Gasteiger charge is 2.69. The Bertz CT molecular complexity index is 3610. The topological polar surface area (TPSA) is 124 Å². The van der Waals surface area contributed by atoms with Gasteiger partial charge in [-0.05, 0) is 112 Å². The number of amidine groups is 4. The van der Waals surface area contributed by atoms with Gasteiger partial charge in [0.05, 0.1) is 22.3 Å². The Morgan fingerprint density at radius 2 is 0.806 bits per heavy atom. The Labute approximate surface area is 386 Å². The normalized spacial score (nSPS) is 15.1. The molecule has 0 saturated carbocycles. The van der Waals surface area contributed by atoms with Crippen LogP contribution in [0.1, 0.15) is 69.5 Å². The fraction of sp³-hybridized carbons (Fsp3) is 0.164. The van der Waals surface area contributed by atoms with Gasteiger partial charge in [-0.1, -0.05) is 104 Å². The molecule has 0 aliphatic carbocycles. The van der Waals surface area contributed by atoms with Gasteiger partial charge in [-0.15, -0.1) is 9.15 Å². The van der Waals surface area contributed by atoms with Crippen molar-refractivity contribution in [1.29, 1.82) is 0 Å². The van der Waals surface area contributed by atoms with Crippen LogP contribution in [-0.4, -0.2) is 53.4 Å². The minimum Gasteiger partial charge on any atom is -0.326 e. The molecule has 2 amide bonds. The van der Waals surface area contributed by atoms with Crippen molar-refractivity contribution in [2.24, 2.45) is 20.0 Å². The van der Waals surface area contributed by atoms with Crippen LogP contribution in [0.25, 0.3) is 21.5 Å². The summed E-state index contributed by atoms with van der Waals surface area (Å²) < 4.78 is 9.32. The van der Waals surface area contributed by atoms with E-state index in [4.69, 9.17) is 20.0 Å². The predicted molar refractivity (Wildman–Crippen MR) is 263 cm³/mol. The van der Waals surface area contributed by atoms with Gasteiger partial charge >= 0.3 is 5.91 Å². The van der Waals surface area contributed by atoms with Crippen LogP contribution in [-0.2, 0) is 15.5 Å². The van der Waals surface area contributed by atoms with Gasteiger partial charge in [-0.2, -0.15) is 9.13 Å². The fourth-order valence-corrected chi connectivity index (χ4v) is 11.0. The largest absolute Gasteiger partial charge is 0.404 e. The molecule has 0 saturated heterocycles. The van der Waals surface area contributed by atoms with Crippen LogP contribution in [0.2, 0.25) is 0 Å². The minimum absolute atomic E-state index is 0.0185. The summed E-state index contributed by atoms with van der Waals surface area (Å²) in [4.78, 5) is 43.5. The summed E-state index contributed by atoms with van der Waals surface area (Å²) in [6, 6.07) is 42.3. The van der Waals surface area contributed by atoms with Crippen molar-refractivity contribution >= 4 is 79.7 Å².